The molecule has 8 nitrogen and oxygen atoms in total. The lowest BCUT2D eigenvalue weighted by molar-refractivity contribution is 0.0126. The van der Waals surface area contributed by atoms with E-state index in [0.717, 1.165) is 0 Å². The molecule has 34 heavy (non-hydrogen) atoms. The summed E-state index contributed by atoms with van der Waals surface area (Å²) in [5.41, 5.74) is 0.966. The number of amides is 1. The number of likely N-dealkylation sites (tertiary alicyclic amines) is 1. The number of ether oxygens (including phenoxy) is 2. The van der Waals surface area contributed by atoms with E-state index < -0.39 is 5.60 Å². The number of nitrogens with one attached hydrogen (secondary N) is 1. The summed E-state index contributed by atoms with van der Waals surface area (Å²) in [6.45, 7) is 6.55. The second-order valence-electron chi connectivity index (χ2n) is 9.13. The Morgan fingerprint density at radius 3 is 2.68 bits per heavy atom. The molecule has 1 aliphatic rings. The zero-order valence-corrected chi connectivity index (χ0v) is 19.3. The molecular weight excluding hydrogens is 437 g/mol. The Balaban J connectivity index is 1.47. The van der Waals surface area contributed by atoms with Gasteiger partial charge in [0.2, 0.25) is 5.95 Å². The van der Waals surface area contributed by atoms with Crippen molar-refractivity contribution in [3.8, 4) is 11.8 Å². The van der Waals surface area contributed by atoms with Crippen LogP contribution in [0.5, 0.6) is 5.75 Å². The lowest BCUT2D eigenvalue weighted by Gasteiger charge is -2.33. The van der Waals surface area contributed by atoms with E-state index in [2.05, 4.69) is 21.4 Å². The molecule has 0 atom stereocenters. The third-order valence-corrected chi connectivity index (χ3v) is 5.27. The fourth-order valence-electron chi connectivity index (χ4n) is 3.66. The van der Waals surface area contributed by atoms with Crippen LogP contribution in [0.15, 0.2) is 42.6 Å². The van der Waals surface area contributed by atoms with Gasteiger partial charge in [0, 0.05) is 49.3 Å². The molecule has 0 saturated carbocycles. The molecule has 1 amide bonds. The molecule has 1 aliphatic heterocycles. The van der Waals surface area contributed by atoms with Crippen molar-refractivity contribution in [3.05, 3.63) is 54.0 Å². The second-order valence-corrected chi connectivity index (χ2v) is 9.13. The minimum Gasteiger partial charge on any atom is -0.489 e. The highest BCUT2D eigenvalue weighted by atomic mass is 19.1. The van der Waals surface area contributed by atoms with Crippen LogP contribution in [0, 0.1) is 17.1 Å². The van der Waals surface area contributed by atoms with Crippen LogP contribution in [0.4, 0.5) is 20.8 Å². The lowest BCUT2D eigenvalue weighted by Crippen LogP contribution is -2.44. The van der Waals surface area contributed by atoms with Crippen LogP contribution in [0.1, 0.15) is 39.2 Å². The molecule has 2 heterocycles. The number of rotatable bonds is 4. The van der Waals surface area contributed by atoms with Gasteiger partial charge in [-0.3, -0.25) is 0 Å². The summed E-state index contributed by atoms with van der Waals surface area (Å²) in [5.74, 6) is 0.374. The zero-order valence-electron chi connectivity index (χ0n) is 19.3. The fourth-order valence-corrected chi connectivity index (χ4v) is 3.66. The molecule has 1 aromatic heterocycles. The number of fused-ring (bicyclic) bond motifs is 1. The van der Waals surface area contributed by atoms with E-state index in [9.17, 15) is 14.4 Å². The van der Waals surface area contributed by atoms with Crippen LogP contribution >= 0.6 is 0 Å². The third-order valence-electron chi connectivity index (χ3n) is 5.27. The first-order valence-corrected chi connectivity index (χ1v) is 11.1. The number of benzene rings is 2. The molecule has 1 N–H and O–H groups in total. The number of hydrogen-bond donors (Lipinski definition) is 1. The number of aromatic nitrogens is 2. The first-order chi connectivity index (χ1) is 16.2. The van der Waals surface area contributed by atoms with Crippen molar-refractivity contribution in [1.29, 1.82) is 5.26 Å². The number of halogens is 1. The Kier molecular flexibility index (Phi) is 6.50. The van der Waals surface area contributed by atoms with Crippen molar-refractivity contribution >= 4 is 28.6 Å². The molecule has 2 aromatic carbocycles. The molecule has 0 spiro atoms. The van der Waals surface area contributed by atoms with E-state index in [4.69, 9.17) is 9.47 Å². The van der Waals surface area contributed by atoms with Gasteiger partial charge in [-0.15, -0.1) is 0 Å². The highest BCUT2D eigenvalue weighted by Crippen LogP contribution is 2.28. The summed E-state index contributed by atoms with van der Waals surface area (Å²) >= 11 is 0. The molecule has 4 rings (SSSR count). The van der Waals surface area contributed by atoms with Crippen LogP contribution in [0.25, 0.3) is 10.9 Å². The van der Waals surface area contributed by atoms with Crippen LogP contribution in [-0.4, -0.2) is 45.8 Å². The highest BCUT2D eigenvalue weighted by molar-refractivity contribution is 5.83. The molecule has 3 aromatic rings. The highest BCUT2D eigenvalue weighted by Gasteiger charge is 2.28. The monoisotopic (exact) mass is 463 g/mol. The Labute approximate surface area is 197 Å². The molecule has 0 aliphatic carbocycles. The molecule has 0 bridgehead atoms. The molecule has 1 saturated heterocycles. The van der Waals surface area contributed by atoms with E-state index in [-0.39, 0.29) is 18.0 Å². The Morgan fingerprint density at radius 1 is 1.24 bits per heavy atom. The van der Waals surface area contributed by atoms with Gasteiger partial charge in [0.1, 0.15) is 29.3 Å². The first kappa shape index (κ1) is 23.2. The van der Waals surface area contributed by atoms with Gasteiger partial charge >= 0.3 is 6.09 Å². The van der Waals surface area contributed by atoms with Gasteiger partial charge in [-0.25, -0.2) is 19.2 Å². The van der Waals surface area contributed by atoms with Crippen molar-refractivity contribution in [1.82, 2.24) is 14.9 Å². The smallest absolute Gasteiger partial charge is 0.410 e. The van der Waals surface area contributed by atoms with Crippen LogP contribution in [0.3, 0.4) is 0 Å². The van der Waals surface area contributed by atoms with Crippen molar-refractivity contribution in [2.75, 3.05) is 18.4 Å². The average molecular weight is 464 g/mol. The van der Waals surface area contributed by atoms with E-state index in [0.29, 0.717) is 59.8 Å². The summed E-state index contributed by atoms with van der Waals surface area (Å²) in [7, 11) is 0. The van der Waals surface area contributed by atoms with Crippen LogP contribution in [-0.2, 0) is 4.74 Å². The summed E-state index contributed by atoms with van der Waals surface area (Å²) in [6, 6.07) is 11.6. The van der Waals surface area contributed by atoms with Crippen molar-refractivity contribution in [2.24, 2.45) is 0 Å². The quantitative estimate of drug-likeness (QED) is 0.570. The number of hydrogen-bond acceptors (Lipinski definition) is 7. The first-order valence-electron chi connectivity index (χ1n) is 11.1. The van der Waals surface area contributed by atoms with Crippen molar-refractivity contribution in [2.45, 2.75) is 45.3 Å². The van der Waals surface area contributed by atoms with E-state index in [1.54, 1.807) is 35.4 Å². The van der Waals surface area contributed by atoms with Gasteiger partial charge < -0.3 is 19.7 Å². The number of carbonyl (C=O) groups excluding carboxylic acids is 1. The van der Waals surface area contributed by atoms with Gasteiger partial charge in [-0.2, -0.15) is 5.26 Å². The molecule has 1 fully saturated rings. The zero-order chi connectivity index (χ0) is 24.3. The standard InChI is InChI=1S/C25H26FN5O3/c1-25(2,3)34-24(32)31-9-7-20(8-10-31)33-22-13-21-17(11-16(22)14-27)15-28-23(30-21)29-19-6-4-5-18(26)12-19/h4-6,11-13,15,20H,7-10H2,1-3H3,(H,28,29,30). The average Bonchev–Trinajstić information content (AvgIpc) is 2.78. The predicted molar refractivity (Wildman–Crippen MR) is 125 cm³/mol. The summed E-state index contributed by atoms with van der Waals surface area (Å²) in [6.07, 6.45) is 2.38. The fraction of sp³-hybridized carbons (Fsp3) is 0.360. The lowest BCUT2D eigenvalue weighted by atomic mass is 10.1. The minimum atomic E-state index is -0.540. The maximum Gasteiger partial charge on any atom is 0.410 e. The van der Waals surface area contributed by atoms with Crippen LogP contribution in [0.2, 0.25) is 0 Å². The molecule has 0 radical (unpaired) electrons. The van der Waals surface area contributed by atoms with Gasteiger partial charge in [0.15, 0.2) is 0 Å². The molecule has 176 valence electrons. The molecular formula is C25H26FN5O3. The largest absolute Gasteiger partial charge is 0.489 e. The predicted octanol–water partition coefficient (Wildman–Crippen LogP) is 5.16. The number of anilines is 2. The maximum absolute atomic E-state index is 13.5. The summed E-state index contributed by atoms with van der Waals surface area (Å²) in [4.78, 5) is 22.7. The van der Waals surface area contributed by atoms with Gasteiger partial charge in [0.05, 0.1) is 11.1 Å². The second kappa shape index (κ2) is 9.51. The SMILES string of the molecule is CC(C)(C)OC(=O)N1CCC(Oc2cc3nc(Nc4cccc(F)c4)ncc3cc2C#N)CC1. The van der Waals surface area contributed by atoms with Crippen molar-refractivity contribution in [3.63, 3.8) is 0 Å². The van der Waals surface area contributed by atoms with Gasteiger partial charge in [0.25, 0.3) is 0 Å². The normalized spacial score (nSPS) is 14.5. The van der Waals surface area contributed by atoms with E-state index in [1.807, 2.05) is 20.8 Å². The minimum absolute atomic E-state index is 0.144. The third kappa shape index (κ3) is 5.70. The number of piperidine rings is 1. The Bertz CT molecular complexity index is 1240. The Morgan fingerprint density at radius 2 is 2.00 bits per heavy atom. The topological polar surface area (TPSA) is 100 Å². The summed E-state index contributed by atoms with van der Waals surface area (Å²) in [5, 5.41) is 13.3. The molecule has 9 heteroatoms. The Hall–Kier alpha value is -3.93. The van der Waals surface area contributed by atoms with Gasteiger partial charge in [-0.1, -0.05) is 6.07 Å². The van der Waals surface area contributed by atoms with E-state index >= 15 is 0 Å². The van der Waals surface area contributed by atoms with Crippen molar-refractivity contribution < 1.29 is 18.7 Å². The number of carbonyl (C=O) groups is 1. The van der Waals surface area contributed by atoms with E-state index in [1.165, 1.54) is 12.1 Å². The van der Waals surface area contributed by atoms with Crippen LogP contribution < -0.4 is 10.1 Å². The maximum atomic E-state index is 13.5. The number of nitriles is 1. The van der Waals surface area contributed by atoms with Gasteiger partial charge in [-0.05, 0) is 45.0 Å². The number of nitrogens with zero attached hydrogens (tertiary/aromatic N) is 4. The molecule has 0 unspecified atom stereocenters. The summed E-state index contributed by atoms with van der Waals surface area (Å²) < 4.78 is 25.1.